The molecule has 0 aromatic carbocycles. The molecule has 0 aliphatic carbocycles. The maximum Gasteiger partial charge on any atom is 0.0271 e. The normalized spacial score (nSPS) is 18.8. The highest BCUT2D eigenvalue weighted by Crippen LogP contribution is 2.11. The quantitative estimate of drug-likeness (QED) is 0.712. The zero-order valence-electron chi connectivity index (χ0n) is 7.65. The van der Waals surface area contributed by atoms with Crippen molar-refractivity contribution in [3.05, 3.63) is 30.1 Å². The Morgan fingerprint density at radius 2 is 1.92 bits per heavy atom. The first-order valence-electron chi connectivity index (χ1n) is 4.64. The lowest BCUT2D eigenvalue weighted by Crippen LogP contribution is -2.31. The molecule has 0 spiro atoms. The summed E-state index contributed by atoms with van der Waals surface area (Å²) >= 11 is 2.06. The first-order chi connectivity index (χ1) is 6.45. The van der Waals surface area contributed by atoms with Gasteiger partial charge in [0.1, 0.15) is 0 Å². The van der Waals surface area contributed by atoms with Crippen LogP contribution in [0.15, 0.2) is 24.5 Å². The van der Waals surface area contributed by atoms with Gasteiger partial charge >= 0.3 is 0 Å². The van der Waals surface area contributed by atoms with Crippen LogP contribution in [0.25, 0.3) is 0 Å². The lowest BCUT2D eigenvalue weighted by atomic mass is 10.2. The Balaban J connectivity index is 1.90. The van der Waals surface area contributed by atoms with Crippen molar-refractivity contribution in [2.24, 2.45) is 0 Å². The third-order valence-electron chi connectivity index (χ3n) is 2.26. The van der Waals surface area contributed by atoms with E-state index in [4.69, 9.17) is 0 Å². The fourth-order valence-electron chi connectivity index (χ4n) is 1.51. The average Bonchev–Trinajstić information content (AvgIpc) is 2.21. The molecule has 0 unspecified atom stereocenters. The van der Waals surface area contributed by atoms with E-state index in [1.807, 2.05) is 12.4 Å². The van der Waals surface area contributed by atoms with Crippen molar-refractivity contribution >= 4 is 11.8 Å². The summed E-state index contributed by atoms with van der Waals surface area (Å²) in [6.45, 7) is 3.54. The van der Waals surface area contributed by atoms with Crippen molar-refractivity contribution in [1.29, 1.82) is 0 Å². The Kier molecular flexibility index (Phi) is 3.22. The monoisotopic (exact) mass is 194 g/mol. The highest BCUT2D eigenvalue weighted by atomic mass is 32.2. The minimum absolute atomic E-state index is 1.09. The van der Waals surface area contributed by atoms with Crippen LogP contribution < -0.4 is 0 Å². The second-order valence-corrected chi connectivity index (χ2v) is 4.47. The molecule has 3 heteroatoms. The van der Waals surface area contributed by atoms with Crippen LogP contribution in [0.2, 0.25) is 0 Å². The van der Waals surface area contributed by atoms with Crippen LogP contribution in [0.5, 0.6) is 0 Å². The van der Waals surface area contributed by atoms with Crippen molar-refractivity contribution in [2.75, 3.05) is 24.6 Å². The fourth-order valence-corrected chi connectivity index (χ4v) is 2.48. The van der Waals surface area contributed by atoms with Crippen molar-refractivity contribution in [1.82, 2.24) is 9.88 Å². The molecule has 2 heterocycles. The molecule has 0 bridgehead atoms. The van der Waals surface area contributed by atoms with Crippen LogP contribution in [0.1, 0.15) is 5.56 Å². The summed E-state index contributed by atoms with van der Waals surface area (Å²) in [5.41, 5.74) is 1.38. The number of hydrogen-bond donors (Lipinski definition) is 0. The second kappa shape index (κ2) is 4.63. The lowest BCUT2D eigenvalue weighted by molar-refractivity contribution is 0.294. The topological polar surface area (TPSA) is 16.1 Å². The minimum atomic E-state index is 1.09. The van der Waals surface area contributed by atoms with Gasteiger partial charge in [-0.25, -0.2) is 0 Å². The van der Waals surface area contributed by atoms with E-state index in [0.717, 1.165) is 6.54 Å². The number of thioether (sulfide) groups is 1. The Bertz CT molecular complexity index is 244. The third kappa shape index (κ3) is 2.71. The highest BCUT2D eigenvalue weighted by molar-refractivity contribution is 7.99. The molecule has 0 atom stereocenters. The van der Waals surface area contributed by atoms with E-state index < -0.39 is 0 Å². The van der Waals surface area contributed by atoms with Gasteiger partial charge in [-0.05, 0) is 17.7 Å². The summed E-state index contributed by atoms with van der Waals surface area (Å²) in [5.74, 6) is 2.57. The lowest BCUT2D eigenvalue weighted by Gasteiger charge is -2.25. The molecule has 2 nitrogen and oxygen atoms in total. The molecule has 0 N–H and O–H groups in total. The van der Waals surface area contributed by atoms with Crippen LogP contribution in [-0.2, 0) is 6.54 Å². The average molecular weight is 194 g/mol. The summed E-state index contributed by atoms with van der Waals surface area (Å²) in [4.78, 5) is 6.52. The zero-order valence-corrected chi connectivity index (χ0v) is 8.46. The molecule has 0 saturated carbocycles. The maximum atomic E-state index is 4.02. The van der Waals surface area contributed by atoms with E-state index in [2.05, 4.69) is 33.8 Å². The fraction of sp³-hybridized carbons (Fsp3) is 0.500. The first kappa shape index (κ1) is 9.03. The van der Waals surface area contributed by atoms with Crippen molar-refractivity contribution < 1.29 is 0 Å². The second-order valence-electron chi connectivity index (χ2n) is 3.24. The standard InChI is InChI=1S/C10H14N2S/c1-3-11-4-2-10(1)9-12-5-7-13-8-6-12/h1-4H,5-9H2. The first-order valence-corrected chi connectivity index (χ1v) is 5.79. The molecule has 13 heavy (non-hydrogen) atoms. The van der Waals surface area contributed by atoms with E-state index >= 15 is 0 Å². The van der Waals surface area contributed by atoms with Gasteiger partial charge < -0.3 is 0 Å². The molecular weight excluding hydrogens is 180 g/mol. The van der Waals surface area contributed by atoms with Crippen LogP contribution in [0, 0.1) is 0 Å². The SMILES string of the molecule is c1cc(CN2CCSCC2)ccn1. The summed E-state index contributed by atoms with van der Waals surface area (Å²) < 4.78 is 0. The van der Waals surface area contributed by atoms with E-state index in [1.165, 1.54) is 30.2 Å². The van der Waals surface area contributed by atoms with Gasteiger partial charge in [0.15, 0.2) is 0 Å². The number of rotatable bonds is 2. The van der Waals surface area contributed by atoms with Gasteiger partial charge in [-0.15, -0.1) is 0 Å². The highest BCUT2D eigenvalue weighted by Gasteiger charge is 2.09. The number of pyridine rings is 1. The van der Waals surface area contributed by atoms with E-state index in [-0.39, 0.29) is 0 Å². The van der Waals surface area contributed by atoms with Gasteiger partial charge in [-0.2, -0.15) is 11.8 Å². The molecule has 70 valence electrons. The third-order valence-corrected chi connectivity index (χ3v) is 3.20. The van der Waals surface area contributed by atoms with E-state index in [0.29, 0.717) is 0 Å². The molecule has 1 aromatic rings. The number of nitrogens with zero attached hydrogens (tertiary/aromatic N) is 2. The van der Waals surface area contributed by atoms with Gasteiger partial charge in [-0.3, -0.25) is 9.88 Å². The largest absolute Gasteiger partial charge is 0.297 e. The minimum Gasteiger partial charge on any atom is -0.297 e. The van der Waals surface area contributed by atoms with Crippen molar-refractivity contribution in [3.8, 4) is 0 Å². The summed E-state index contributed by atoms with van der Waals surface area (Å²) in [5, 5.41) is 0. The molecular formula is C10H14N2S. The number of hydrogen-bond acceptors (Lipinski definition) is 3. The van der Waals surface area contributed by atoms with Crippen molar-refractivity contribution in [3.63, 3.8) is 0 Å². The molecule has 0 radical (unpaired) electrons. The summed E-state index contributed by atoms with van der Waals surface area (Å²) in [6, 6.07) is 4.20. The Morgan fingerprint density at radius 1 is 1.23 bits per heavy atom. The molecule has 2 rings (SSSR count). The maximum absolute atomic E-state index is 4.02. The number of aromatic nitrogens is 1. The van der Waals surface area contributed by atoms with Crippen LogP contribution in [0.3, 0.4) is 0 Å². The van der Waals surface area contributed by atoms with E-state index in [1.54, 1.807) is 0 Å². The smallest absolute Gasteiger partial charge is 0.0271 e. The predicted molar refractivity (Wildman–Crippen MR) is 56.8 cm³/mol. The van der Waals surface area contributed by atoms with Gasteiger partial charge in [0.05, 0.1) is 0 Å². The molecule has 1 aliphatic heterocycles. The predicted octanol–water partition coefficient (Wildman–Crippen LogP) is 1.63. The van der Waals surface area contributed by atoms with Gasteiger partial charge in [-0.1, -0.05) is 0 Å². The van der Waals surface area contributed by atoms with Gasteiger partial charge in [0, 0.05) is 43.5 Å². The molecule has 0 amide bonds. The zero-order chi connectivity index (χ0) is 8.93. The van der Waals surface area contributed by atoms with Crippen LogP contribution in [0.4, 0.5) is 0 Å². The summed E-state index contributed by atoms with van der Waals surface area (Å²) in [7, 11) is 0. The van der Waals surface area contributed by atoms with Crippen LogP contribution >= 0.6 is 11.8 Å². The molecule has 1 aliphatic rings. The Labute approximate surface area is 83.4 Å². The molecule has 1 aromatic heterocycles. The van der Waals surface area contributed by atoms with Gasteiger partial charge in [0.2, 0.25) is 0 Å². The van der Waals surface area contributed by atoms with Gasteiger partial charge in [0.25, 0.3) is 0 Å². The Hall–Kier alpha value is -0.540. The summed E-state index contributed by atoms with van der Waals surface area (Å²) in [6.07, 6.45) is 3.74. The molecule has 1 saturated heterocycles. The van der Waals surface area contributed by atoms with E-state index in [9.17, 15) is 0 Å². The molecule has 1 fully saturated rings. The Morgan fingerprint density at radius 3 is 2.62 bits per heavy atom. The van der Waals surface area contributed by atoms with Crippen molar-refractivity contribution in [2.45, 2.75) is 6.54 Å². The van der Waals surface area contributed by atoms with Crippen LogP contribution in [-0.4, -0.2) is 34.5 Å².